The molecule has 0 saturated heterocycles. The zero-order valence-electron chi connectivity index (χ0n) is 21.8. The molecule has 0 aromatic heterocycles. The fourth-order valence-corrected chi connectivity index (χ4v) is 9.68. The van der Waals surface area contributed by atoms with E-state index in [1.54, 1.807) is 0 Å². The van der Waals surface area contributed by atoms with Crippen LogP contribution in [0.25, 0.3) is 0 Å². The lowest BCUT2D eigenvalue weighted by molar-refractivity contribution is -0.162. The van der Waals surface area contributed by atoms with Crippen molar-refractivity contribution in [2.24, 2.45) is 0 Å². The molecule has 0 aliphatic rings. The van der Waals surface area contributed by atoms with Crippen molar-refractivity contribution in [1.29, 1.82) is 0 Å². The molecule has 0 bridgehead atoms. The first-order valence-electron chi connectivity index (χ1n) is 13.9. The summed E-state index contributed by atoms with van der Waals surface area (Å²) in [5.74, 6) is -3.87. The van der Waals surface area contributed by atoms with E-state index < -0.39 is 25.3 Å². The Balaban J connectivity index is 5.34. The summed E-state index contributed by atoms with van der Waals surface area (Å²) >= 11 is 0. The van der Waals surface area contributed by atoms with E-state index in [0.717, 1.165) is 64.2 Å². The molecule has 0 atom stereocenters. The minimum absolute atomic E-state index is 0.205. The van der Waals surface area contributed by atoms with Gasteiger partial charge in [0.2, 0.25) is 0 Å². The van der Waals surface area contributed by atoms with E-state index in [1.807, 2.05) is 13.8 Å². The molecular formula is C27H54F4P+. The number of unbranched alkanes of at least 4 members (excludes halogenated alkanes) is 13. The van der Waals surface area contributed by atoms with Crippen LogP contribution in [0.5, 0.6) is 0 Å². The third-order valence-corrected chi connectivity index (χ3v) is 12.1. The van der Waals surface area contributed by atoms with E-state index in [2.05, 4.69) is 13.8 Å². The first-order chi connectivity index (χ1) is 15.2. The molecule has 0 N–H and O–H groups in total. The SMILES string of the molecule is CCCCCCCC[P+](CCC)(CCCCCCCC)C(F)(F)C(F)(F)CCCCCC. The standard InChI is InChI=1S/C27H54F4P/c1-5-9-12-15-17-20-24-32(23-8-4,25-21-18-16-13-10-6-2)27(30,31)26(28,29)22-19-14-11-7-3/h5-25H2,1-4H3/q+1. The summed E-state index contributed by atoms with van der Waals surface area (Å²) in [6.07, 6.45) is 15.7. The molecule has 0 aliphatic heterocycles. The van der Waals surface area contributed by atoms with Crippen LogP contribution >= 0.6 is 7.26 Å². The van der Waals surface area contributed by atoms with E-state index >= 15 is 17.6 Å². The van der Waals surface area contributed by atoms with Crippen molar-refractivity contribution in [1.82, 2.24) is 0 Å². The van der Waals surface area contributed by atoms with E-state index in [-0.39, 0.29) is 6.42 Å². The summed E-state index contributed by atoms with van der Waals surface area (Å²) in [6.45, 7) is 8.21. The average Bonchev–Trinajstić information content (AvgIpc) is 2.75. The second-order valence-corrected chi connectivity index (χ2v) is 14.1. The predicted octanol–water partition coefficient (Wildman–Crippen LogP) is 11.3. The lowest BCUT2D eigenvalue weighted by atomic mass is 10.1. The molecule has 0 rings (SSSR count). The molecule has 0 nitrogen and oxygen atoms in total. The van der Waals surface area contributed by atoms with E-state index in [4.69, 9.17) is 0 Å². The predicted molar refractivity (Wildman–Crippen MR) is 137 cm³/mol. The number of hydrogen-bond donors (Lipinski definition) is 0. The number of halogens is 4. The third kappa shape index (κ3) is 11.5. The van der Waals surface area contributed by atoms with E-state index in [1.165, 1.54) is 12.8 Å². The molecule has 0 aromatic carbocycles. The van der Waals surface area contributed by atoms with Crippen molar-refractivity contribution < 1.29 is 17.6 Å². The lowest BCUT2D eigenvalue weighted by Crippen LogP contribution is -2.45. The van der Waals surface area contributed by atoms with E-state index in [0.29, 0.717) is 44.2 Å². The Hall–Kier alpha value is 0.150. The Morgan fingerprint density at radius 2 is 0.812 bits per heavy atom. The van der Waals surface area contributed by atoms with Gasteiger partial charge in [0.25, 0.3) is 0 Å². The van der Waals surface area contributed by atoms with Crippen LogP contribution in [-0.2, 0) is 0 Å². The van der Waals surface area contributed by atoms with Gasteiger partial charge in [-0.05, 0) is 38.5 Å². The van der Waals surface area contributed by atoms with E-state index in [9.17, 15) is 0 Å². The maximum absolute atomic E-state index is 15.8. The van der Waals surface area contributed by atoms with Gasteiger partial charge in [0.15, 0.2) is 0 Å². The van der Waals surface area contributed by atoms with Gasteiger partial charge in [-0.25, -0.2) is 0 Å². The largest absolute Gasteiger partial charge is 0.415 e. The van der Waals surface area contributed by atoms with Gasteiger partial charge >= 0.3 is 11.6 Å². The molecule has 0 aliphatic carbocycles. The summed E-state index contributed by atoms with van der Waals surface area (Å²) in [5, 5.41) is 0. The monoisotopic (exact) mass is 485 g/mol. The second kappa shape index (κ2) is 18.5. The van der Waals surface area contributed by atoms with Crippen molar-refractivity contribution >= 4 is 7.26 Å². The average molecular weight is 486 g/mol. The first kappa shape index (κ1) is 32.1. The molecule has 5 heteroatoms. The van der Waals surface area contributed by atoms with Crippen molar-refractivity contribution in [2.75, 3.05) is 18.5 Å². The van der Waals surface area contributed by atoms with Crippen molar-refractivity contribution in [3.8, 4) is 0 Å². The molecule has 0 fully saturated rings. The molecule has 32 heavy (non-hydrogen) atoms. The Kier molecular flexibility index (Phi) is 18.6. The number of alkyl halides is 4. The molecule has 0 aromatic rings. The van der Waals surface area contributed by atoms with Crippen LogP contribution in [0.2, 0.25) is 0 Å². The topological polar surface area (TPSA) is 0 Å². The molecule has 0 spiro atoms. The third-order valence-electron chi connectivity index (χ3n) is 6.91. The molecule has 0 unspecified atom stereocenters. The zero-order valence-corrected chi connectivity index (χ0v) is 22.7. The van der Waals surface area contributed by atoms with Crippen LogP contribution in [0.1, 0.15) is 143 Å². The van der Waals surface area contributed by atoms with Crippen molar-refractivity contribution in [3.05, 3.63) is 0 Å². The van der Waals surface area contributed by atoms with Crippen LogP contribution < -0.4 is 0 Å². The van der Waals surface area contributed by atoms with Gasteiger partial charge in [-0.1, -0.05) is 98.3 Å². The molecule has 0 amide bonds. The fourth-order valence-electron chi connectivity index (χ4n) is 4.85. The smallest absolute Gasteiger partial charge is 0.195 e. The zero-order chi connectivity index (χ0) is 24.3. The normalized spacial score (nSPS) is 13.1. The van der Waals surface area contributed by atoms with Crippen LogP contribution in [0.3, 0.4) is 0 Å². The molecule has 194 valence electrons. The van der Waals surface area contributed by atoms with Crippen LogP contribution in [0, 0.1) is 0 Å². The Labute approximate surface area is 198 Å². The molecular weight excluding hydrogens is 431 g/mol. The highest BCUT2D eigenvalue weighted by atomic mass is 31.2. The highest BCUT2D eigenvalue weighted by molar-refractivity contribution is 7.77. The molecule has 0 radical (unpaired) electrons. The van der Waals surface area contributed by atoms with Gasteiger partial charge in [-0.3, -0.25) is 0 Å². The highest BCUT2D eigenvalue weighted by Gasteiger charge is 2.72. The van der Waals surface area contributed by atoms with Crippen molar-refractivity contribution in [2.45, 2.75) is 155 Å². The summed E-state index contributed by atoms with van der Waals surface area (Å²) < 4.78 is 61.7. The van der Waals surface area contributed by atoms with Crippen LogP contribution in [0.4, 0.5) is 17.6 Å². The van der Waals surface area contributed by atoms with Crippen LogP contribution in [-0.4, -0.2) is 30.1 Å². The first-order valence-corrected chi connectivity index (χ1v) is 16.2. The quantitative estimate of drug-likeness (QED) is 0.0767. The van der Waals surface area contributed by atoms with Gasteiger partial charge in [-0.15, -0.1) is 0 Å². The Morgan fingerprint density at radius 3 is 1.22 bits per heavy atom. The van der Waals surface area contributed by atoms with Crippen LogP contribution in [0.15, 0.2) is 0 Å². The van der Waals surface area contributed by atoms with Gasteiger partial charge in [-0.2, -0.15) is 17.6 Å². The Morgan fingerprint density at radius 1 is 0.438 bits per heavy atom. The number of rotatable bonds is 23. The lowest BCUT2D eigenvalue weighted by Gasteiger charge is -2.38. The second-order valence-electron chi connectivity index (χ2n) is 9.91. The fraction of sp³-hybridized carbons (Fsp3) is 1.00. The molecule has 0 heterocycles. The number of hydrogen-bond acceptors (Lipinski definition) is 0. The Bertz CT molecular complexity index is 410. The highest BCUT2D eigenvalue weighted by Crippen LogP contribution is 2.75. The van der Waals surface area contributed by atoms with Gasteiger partial charge < -0.3 is 0 Å². The summed E-state index contributed by atoms with van der Waals surface area (Å²) in [7, 11) is -3.07. The summed E-state index contributed by atoms with van der Waals surface area (Å²) in [6, 6.07) is 0. The van der Waals surface area contributed by atoms with Crippen molar-refractivity contribution in [3.63, 3.8) is 0 Å². The molecule has 0 saturated carbocycles. The minimum atomic E-state index is -3.87. The maximum Gasteiger partial charge on any atom is 0.415 e. The maximum atomic E-state index is 15.8. The van der Waals surface area contributed by atoms with Gasteiger partial charge in [0.1, 0.15) is 0 Å². The van der Waals surface area contributed by atoms with Gasteiger partial charge in [0, 0.05) is 6.42 Å². The summed E-state index contributed by atoms with van der Waals surface area (Å²) in [4.78, 5) is 0. The minimum Gasteiger partial charge on any atom is -0.195 e. The van der Waals surface area contributed by atoms with Gasteiger partial charge in [0.05, 0.1) is 25.7 Å². The summed E-state index contributed by atoms with van der Waals surface area (Å²) in [5.41, 5.74) is -3.82.